The fraction of sp³-hybridized carbons (Fsp3) is 0.190. The van der Waals surface area contributed by atoms with Gasteiger partial charge in [0, 0.05) is 28.8 Å². The Morgan fingerprint density at radius 2 is 1.92 bits per heavy atom. The fourth-order valence-corrected chi connectivity index (χ4v) is 3.69. The molecular weight excluding hydrogens is 392 g/mol. The number of benzene rings is 2. The van der Waals surface area contributed by atoms with E-state index in [0.717, 1.165) is 23.2 Å². The van der Waals surface area contributed by atoms with Crippen LogP contribution >= 0.6 is 15.9 Å². The van der Waals surface area contributed by atoms with Crippen molar-refractivity contribution in [1.29, 1.82) is 0 Å². The van der Waals surface area contributed by atoms with E-state index in [1.807, 2.05) is 36.4 Å². The van der Waals surface area contributed by atoms with E-state index in [9.17, 15) is 4.79 Å². The zero-order valence-corrected chi connectivity index (χ0v) is 15.8. The van der Waals surface area contributed by atoms with Gasteiger partial charge in [0.1, 0.15) is 11.8 Å². The van der Waals surface area contributed by atoms with Crippen molar-refractivity contribution in [2.45, 2.75) is 12.5 Å². The van der Waals surface area contributed by atoms with E-state index in [0.29, 0.717) is 12.1 Å². The van der Waals surface area contributed by atoms with Gasteiger partial charge in [-0.1, -0.05) is 34.1 Å². The summed E-state index contributed by atoms with van der Waals surface area (Å²) >= 11 is 3.39. The van der Waals surface area contributed by atoms with Crippen molar-refractivity contribution in [2.24, 2.45) is 0 Å². The number of carbonyl (C=O) groups is 1. The molecule has 1 aliphatic rings. The van der Waals surface area contributed by atoms with Crippen LogP contribution in [-0.4, -0.2) is 19.0 Å². The molecule has 1 atom stereocenters. The Morgan fingerprint density at radius 3 is 2.69 bits per heavy atom. The molecule has 0 radical (unpaired) electrons. The van der Waals surface area contributed by atoms with Gasteiger partial charge in [0.05, 0.1) is 6.26 Å². The van der Waals surface area contributed by atoms with Crippen LogP contribution in [-0.2, 0) is 6.42 Å². The molecule has 0 saturated heterocycles. The molecule has 0 aliphatic carbocycles. The minimum atomic E-state index is -0.0819. The summed E-state index contributed by atoms with van der Waals surface area (Å²) in [6.45, 7) is 1.40. The molecule has 2 aromatic carbocycles. The van der Waals surface area contributed by atoms with Gasteiger partial charge in [0.25, 0.3) is 5.91 Å². The van der Waals surface area contributed by atoms with E-state index in [-0.39, 0.29) is 11.9 Å². The third-order valence-corrected chi connectivity index (χ3v) is 5.26. The standard InChI is InChI=1S/C21H19BrN2O2/c22-17-9-7-16(8-10-17)21(25)23-14-19(20-6-3-13-26-20)24-12-11-15-4-1-2-5-18(15)24/h1-10,13,19H,11-12,14H2,(H,23,25)/t19-/m0/s1. The number of hydrogen-bond donors (Lipinski definition) is 1. The molecule has 0 fully saturated rings. The normalized spacial score (nSPS) is 14.1. The summed E-state index contributed by atoms with van der Waals surface area (Å²) in [6, 6.07) is 19.6. The second-order valence-electron chi connectivity index (χ2n) is 6.32. The third kappa shape index (κ3) is 3.40. The first-order chi connectivity index (χ1) is 12.7. The molecule has 1 amide bonds. The summed E-state index contributed by atoms with van der Waals surface area (Å²) in [7, 11) is 0. The molecule has 4 nitrogen and oxygen atoms in total. The number of hydrogen-bond acceptors (Lipinski definition) is 3. The second-order valence-corrected chi connectivity index (χ2v) is 7.24. The van der Waals surface area contributed by atoms with Crippen LogP contribution in [0.25, 0.3) is 0 Å². The SMILES string of the molecule is O=C(NC[C@@H](c1ccco1)N1CCc2ccccc21)c1ccc(Br)cc1. The first-order valence-corrected chi connectivity index (χ1v) is 9.43. The molecule has 3 aromatic rings. The molecule has 0 bridgehead atoms. The lowest BCUT2D eigenvalue weighted by atomic mass is 10.1. The quantitative estimate of drug-likeness (QED) is 0.669. The lowest BCUT2D eigenvalue weighted by Crippen LogP contribution is -2.37. The first-order valence-electron chi connectivity index (χ1n) is 8.64. The number of nitrogens with one attached hydrogen (secondary N) is 1. The van der Waals surface area contributed by atoms with Gasteiger partial charge in [-0.05, 0) is 54.4 Å². The highest BCUT2D eigenvalue weighted by Gasteiger charge is 2.29. The molecule has 0 unspecified atom stereocenters. The average molecular weight is 411 g/mol. The van der Waals surface area contributed by atoms with Crippen LogP contribution < -0.4 is 10.2 Å². The van der Waals surface area contributed by atoms with Gasteiger partial charge in [-0.3, -0.25) is 4.79 Å². The van der Waals surface area contributed by atoms with E-state index in [2.05, 4.69) is 50.4 Å². The predicted octanol–water partition coefficient (Wildman–Crippen LogP) is 4.58. The summed E-state index contributed by atoms with van der Waals surface area (Å²) in [6.07, 6.45) is 2.69. The molecule has 1 aliphatic heterocycles. The third-order valence-electron chi connectivity index (χ3n) is 4.73. The number of halogens is 1. The number of para-hydroxylation sites is 1. The van der Waals surface area contributed by atoms with E-state index in [1.165, 1.54) is 11.3 Å². The lowest BCUT2D eigenvalue weighted by molar-refractivity contribution is 0.0950. The minimum Gasteiger partial charge on any atom is -0.467 e. The van der Waals surface area contributed by atoms with Crippen molar-refractivity contribution in [3.63, 3.8) is 0 Å². The topological polar surface area (TPSA) is 45.5 Å². The molecule has 132 valence electrons. The second kappa shape index (κ2) is 7.38. The molecule has 1 aromatic heterocycles. The van der Waals surface area contributed by atoms with Crippen molar-refractivity contribution in [3.8, 4) is 0 Å². The number of carbonyl (C=O) groups excluding carboxylic acids is 1. The molecule has 5 heteroatoms. The van der Waals surface area contributed by atoms with Crippen LogP contribution in [0.2, 0.25) is 0 Å². The predicted molar refractivity (Wildman–Crippen MR) is 105 cm³/mol. The lowest BCUT2D eigenvalue weighted by Gasteiger charge is -2.29. The zero-order chi connectivity index (χ0) is 17.9. The van der Waals surface area contributed by atoms with Crippen LogP contribution in [0.3, 0.4) is 0 Å². The molecule has 0 spiro atoms. The van der Waals surface area contributed by atoms with Crippen LogP contribution in [0.1, 0.15) is 27.7 Å². The van der Waals surface area contributed by atoms with E-state index < -0.39 is 0 Å². The first kappa shape index (κ1) is 16.9. The maximum absolute atomic E-state index is 12.5. The highest BCUT2D eigenvalue weighted by atomic mass is 79.9. The van der Waals surface area contributed by atoms with E-state index >= 15 is 0 Å². The van der Waals surface area contributed by atoms with Gasteiger partial charge in [-0.15, -0.1) is 0 Å². The fourth-order valence-electron chi connectivity index (χ4n) is 3.43. The number of amides is 1. The molecule has 0 saturated carbocycles. The van der Waals surface area contributed by atoms with Crippen LogP contribution in [0.15, 0.2) is 75.8 Å². The van der Waals surface area contributed by atoms with Crippen molar-refractivity contribution < 1.29 is 9.21 Å². The van der Waals surface area contributed by atoms with Crippen molar-refractivity contribution >= 4 is 27.5 Å². The molecular formula is C21H19BrN2O2. The highest BCUT2D eigenvalue weighted by molar-refractivity contribution is 9.10. The molecule has 1 N–H and O–H groups in total. The molecule has 26 heavy (non-hydrogen) atoms. The van der Waals surface area contributed by atoms with Crippen molar-refractivity contribution in [1.82, 2.24) is 5.32 Å². The Balaban J connectivity index is 1.54. The zero-order valence-electron chi connectivity index (χ0n) is 14.2. The maximum atomic E-state index is 12.5. The Kier molecular flexibility index (Phi) is 4.80. The number of rotatable bonds is 5. The van der Waals surface area contributed by atoms with Gasteiger partial charge < -0.3 is 14.6 Å². The number of nitrogens with zero attached hydrogens (tertiary/aromatic N) is 1. The number of fused-ring (bicyclic) bond motifs is 1. The van der Waals surface area contributed by atoms with Gasteiger partial charge in [-0.2, -0.15) is 0 Å². The van der Waals surface area contributed by atoms with Gasteiger partial charge in [0.15, 0.2) is 0 Å². The molecule has 2 heterocycles. The Labute approximate surface area is 160 Å². The van der Waals surface area contributed by atoms with E-state index in [1.54, 1.807) is 6.26 Å². The van der Waals surface area contributed by atoms with Crippen LogP contribution in [0, 0.1) is 0 Å². The van der Waals surface area contributed by atoms with Crippen LogP contribution in [0.4, 0.5) is 5.69 Å². The maximum Gasteiger partial charge on any atom is 0.251 e. The van der Waals surface area contributed by atoms with Crippen LogP contribution in [0.5, 0.6) is 0 Å². The highest BCUT2D eigenvalue weighted by Crippen LogP contribution is 2.34. The summed E-state index contributed by atoms with van der Waals surface area (Å²) < 4.78 is 6.63. The number of anilines is 1. The Morgan fingerprint density at radius 1 is 1.12 bits per heavy atom. The van der Waals surface area contributed by atoms with Gasteiger partial charge in [-0.25, -0.2) is 0 Å². The Bertz CT molecular complexity index is 891. The van der Waals surface area contributed by atoms with Gasteiger partial charge in [0.2, 0.25) is 0 Å². The smallest absolute Gasteiger partial charge is 0.251 e. The minimum absolute atomic E-state index is 0.0342. The van der Waals surface area contributed by atoms with E-state index in [4.69, 9.17) is 4.42 Å². The largest absolute Gasteiger partial charge is 0.467 e. The number of furan rings is 1. The summed E-state index contributed by atoms with van der Waals surface area (Å²) in [5, 5.41) is 3.06. The summed E-state index contributed by atoms with van der Waals surface area (Å²) in [4.78, 5) is 14.8. The van der Waals surface area contributed by atoms with Gasteiger partial charge >= 0.3 is 0 Å². The monoisotopic (exact) mass is 410 g/mol. The molecule has 4 rings (SSSR count). The summed E-state index contributed by atoms with van der Waals surface area (Å²) in [5.74, 6) is 0.777. The average Bonchev–Trinajstić information content (AvgIpc) is 3.33. The van der Waals surface area contributed by atoms with Crippen molar-refractivity contribution in [2.75, 3.05) is 18.0 Å². The summed E-state index contributed by atoms with van der Waals surface area (Å²) in [5.41, 5.74) is 3.20. The Hall–Kier alpha value is -2.53. The van der Waals surface area contributed by atoms with Crippen molar-refractivity contribution in [3.05, 3.63) is 88.3 Å².